The van der Waals surface area contributed by atoms with Gasteiger partial charge in [0.25, 0.3) is 0 Å². The van der Waals surface area contributed by atoms with Crippen molar-refractivity contribution in [2.45, 2.75) is 25.3 Å². The molecule has 0 atom stereocenters. The van der Waals surface area contributed by atoms with Gasteiger partial charge in [0.05, 0.1) is 12.2 Å². The van der Waals surface area contributed by atoms with Gasteiger partial charge >= 0.3 is 0 Å². The summed E-state index contributed by atoms with van der Waals surface area (Å²) in [6.07, 6.45) is 4.73. The zero-order valence-electron chi connectivity index (χ0n) is 6.90. The molecule has 4 nitrogen and oxygen atoms in total. The number of anilines is 1. The summed E-state index contributed by atoms with van der Waals surface area (Å²) in [6, 6.07) is 0.525. The summed E-state index contributed by atoms with van der Waals surface area (Å²) in [5.74, 6) is 0.728. The van der Waals surface area contributed by atoms with E-state index in [1.54, 1.807) is 6.20 Å². The molecule has 0 radical (unpaired) electrons. The van der Waals surface area contributed by atoms with Crippen LogP contribution in [0.3, 0.4) is 0 Å². The van der Waals surface area contributed by atoms with Gasteiger partial charge in [0.1, 0.15) is 5.82 Å². The molecule has 0 aromatic carbocycles. The normalized spacial score (nSPS) is 16.8. The van der Waals surface area contributed by atoms with Crippen molar-refractivity contribution in [2.75, 3.05) is 12.3 Å². The van der Waals surface area contributed by atoms with Crippen LogP contribution in [0.15, 0.2) is 6.20 Å². The summed E-state index contributed by atoms with van der Waals surface area (Å²) >= 11 is 0. The number of nitrogens with zero attached hydrogens (tertiary/aromatic N) is 2. The lowest BCUT2D eigenvalue weighted by molar-refractivity contribution is 0.300. The fourth-order valence-electron chi connectivity index (χ4n) is 1.33. The number of aliphatic hydroxyl groups excluding tert-OH is 1. The van der Waals surface area contributed by atoms with Crippen molar-refractivity contribution < 1.29 is 5.11 Å². The van der Waals surface area contributed by atoms with Crippen molar-refractivity contribution >= 4 is 5.82 Å². The Morgan fingerprint density at radius 2 is 2.42 bits per heavy atom. The van der Waals surface area contributed by atoms with Gasteiger partial charge in [-0.15, -0.1) is 0 Å². The molecule has 1 heterocycles. The third-order valence-electron chi connectivity index (χ3n) is 2.19. The molecule has 0 amide bonds. The third-order valence-corrected chi connectivity index (χ3v) is 2.19. The summed E-state index contributed by atoms with van der Waals surface area (Å²) < 4.78 is 1.87. The highest BCUT2D eigenvalue weighted by atomic mass is 16.2. The molecule has 1 aromatic heterocycles. The SMILES string of the molecule is Nc1c(CCO)cnn1C1CC1. The van der Waals surface area contributed by atoms with Crippen LogP contribution >= 0.6 is 0 Å². The van der Waals surface area contributed by atoms with Crippen molar-refractivity contribution in [3.8, 4) is 0 Å². The first-order valence-corrected chi connectivity index (χ1v) is 4.25. The highest BCUT2D eigenvalue weighted by molar-refractivity contribution is 5.39. The van der Waals surface area contributed by atoms with Crippen molar-refractivity contribution in [2.24, 2.45) is 0 Å². The first-order chi connectivity index (χ1) is 5.83. The van der Waals surface area contributed by atoms with E-state index in [1.807, 2.05) is 4.68 Å². The van der Waals surface area contributed by atoms with Crippen LogP contribution in [0, 0.1) is 0 Å². The summed E-state index contributed by atoms with van der Waals surface area (Å²) in [4.78, 5) is 0. The molecule has 1 aromatic rings. The molecule has 2 rings (SSSR count). The first kappa shape index (κ1) is 7.61. The zero-order valence-corrected chi connectivity index (χ0v) is 6.90. The van der Waals surface area contributed by atoms with Crippen molar-refractivity contribution in [3.05, 3.63) is 11.8 Å². The molecular weight excluding hydrogens is 154 g/mol. The molecule has 0 aliphatic heterocycles. The van der Waals surface area contributed by atoms with Crippen LogP contribution in [-0.4, -0.2) is 21.5 Å². The molecule has 0 spiro atoms. The van der Waals surface area contributed by atoms with E-state index < -0.39 is 0 Å². The second-order valence-electron chi connectivity index (χ2n) is 3.20. The summed E-state index contributed by atoms with van der Waals surface area (Å²) in [6.45, 7) is 0.139. The molecule has 12 heavy (non-hydrogen) atoms. The topological polar surface area (TPSA) is 64.1 Å². The Bertz CT molecular complexity index is 278. The van der Waals surface area contributed by atoms with E-state index >= 15 is 0 Å². The average Bonchev–Trinajstić information content (AvgIpc) is 2.82. The maximum absolute atomic E-state index is 8.72. The van der Waals surface area contributed by atoms with Crippen LogP contribution in [0.4, 0.5) is 5.82 Å². The predicted molar refractivity (Wildman–Crippen MR) is 45.7 cm³/mol. The smallest absolute Gasteiger partial charge is 0.125 e. The number of hydrogen-bond donors (Lipinski definition) is 2. The standard InChI is InChI=1S/C8H13N3O/c9-8-6(3-4-12)5-10-11(8)7-1-2-7/h5,7,12H,1-4,9H2. The molecular formula is C8H13N3O. The number of aromatic nitrogens is 2. The third kappa shape index (κ3) is 1.18. The Balaban J connectivity index is 2.21. The fraction of sp³-hybridized carbons (Fsp3) is 0.625. The fourth-order valence-corrected chi connectivity index (χ4v) is 1.33. The van der Waals surface area contributed by atoms with Crippen molar-refractivity contribution in [1.29, 1.82) is 0 Å². The number of nitrogen functional groups attached to an aromatic ring is 1. The molecule has 4 heteroatoms. The molecule has 66 valence electrons. The Morgan fingerprint density at radius 1 is 1.67 bits per heavy atom. The Labute approximate surface area is 71.0 Å². The molecule has 0 unspecified atom stereocenters. The van der Waals surface area contributed by atoms with Gasteiger partial charge in [-0.3, -0.25) is 0 Å². The minimum absolute atomic E-state index is 0.139. The van der Waals surface area contributed by atoms with E-state index in [2.05, 4.69) is 5.10 Å². The van der Waals surface area contributed by atoms with Crippen LogP contribution in [0.25, 0.3) is 0 Å². The van der Waals surface area contributed by atoms with Crippen molar-refractivity contribution in [1.82, 2.24) is 9.78 Å². The van der Waals surface area contributed by atoms with Gasteiger partial charge in [0, 0.05) is 18.6 Å². The highest BCUT2D eigenvalue weighted by Crippen LogP contribution is 2.36. The monoisotopic (exact) mass is 167 g/mol. The molecule has 3 N–H and O–H groups in total. The van der Waals surface area contributed by atoms with E-state index in [4.69, 9.17) is 10.8 Å². The van der Waals surface area contributed by atoms with Gasteiger partial charge in [0.15, 0.2) is 0 Å². The van der Waals surface area contributed by atoms with Gasteiger partial charge in [-0.2, -0.15) is 5.10 Å². The summed E-state index contributed by atoms with van der Waals surface area (Å²) in [5.41, 5.74) is 6.78. The minimum atomic E-state index is 0.139. The molecule has 1 saturated carbocycles. The molecule has 1 aliphatic carbocycles. The minimum Gasteiger partial charge on any atom is -0.396 e. The Hall–Kier alpha value is -1.03. The van der Waals surface area contributed by atoms with Crippen LogP contribution in [0.2, 0.25) is 0 Å². The lowest BCUT2D eigenvalue weighted by Gasteiger charge is -2.01. The lowest BCUT2D eigenvalue weighted by atomic mass is 10.2. The number of rotatable bonds is 3. The molecule has 1 fully saturated rings. The maximum atomic E-state index is 8.72. The molecule has 0 bridgehead atoms. The van der Waals surface area contributed by atoms with E-state index in [-0.39, 0.29) is 6.61 Å². The number of hydrogen-bond acceptors (Lipinski definition) is 3. The van der Waals surface area contributed by atoms with Gasteiger partial charge < -0.3 is 10.8 Å². The first-order valence-electron chi connectivity index (χ1n) is 4.25. The number of aliphatic hydroxyl groups is 1. The van der Waals surface area contributed by atoms with E-state index in [0.717, 1.165) is 11.4 Å². The van der Waals surface area contributed by atoms with Crippen LogP contribution in [0.1, 0.15) is 24.4 Å². The van der Waals surface area contributed by atoms with E-state index in [9.17, 15) is 0 Å². The molecule has 1 aliphatic rings. The second kappa shape index (κ2) is 2.79. The van der Waals surface area contributed by atoms with Gasteiger partial charge in [0.2, 0.25) is 0 Å². The lowest BCUT2D eigenvalue weighted by Crippen LogP contribution is -2.03. The summed E-state index contributed by atoms with van der Waals surface area (Å²) in [5, 5.41) is 12.9. The average molecular weight is 167 g/mol. The Morgan fingerprint density at radius 3 is 3.00 bits per heavy atom. The molecule has 0 saturated heterocycles. The van der Waals surface area contributed by atoms with Crippen molar-refractivity contribution in [3.63, 3.8) is 0 Å². The quantitative estimate of drug-likeness (QED) is 0.682. The maximum Gasteiger partial charge on any atom is 0.125 e. The van der Waals surface area contributed by atoms with Gasteiger partial charge in [-0.05, 0) is 12.8 Å². The largest absolute Gasteiger partial charge is 0.396 e. The second-order valence-corrected chi connectivity index (χ2v) is 3.20. The highest BCUT2D eigenvalue weighted by Gasteiger charge is 2.26. The van der Waals surface area contributed by atoms with Gasteiger partial charge in [-0.1, -0.05) is 0 Å². The zero-order chi connectivity index (χ0) is 8.55. The Kier molecular flexibility index (Phi) is 1.77. The van der Waals surface area contributed by atoms with Crippen LogP contribution in [-0.2, 0) is 6.42 Å². The number of nitrogens with two attached hydrogens (primary N) is 1. The van der Waals surface area contributed by atoms with Crippen LogP contribution < -0.4 is 5.73 Å². The van der Waals surface area contributed by atoms with E-state index in [1.165, 1.54) is 12.8 Å². The predicted octanol–water partition coefficient (Wildman–Crippen LogP) is 0.335. The van der Waals surface area contributed by atoms with E-state index in [0.29, 0.717) is 12.5 Å². The van der Waals surface area contributed by atoms with Crippen LogP contribution in [0.5, 0.6) is 0 Å². The van der Waals surface area contributed by atoms with Gasteiger partial charge in [-0.25, -0.2) is 4.68 Å². The summed E-state index contributed by atoms with van der Waals surface area (Å²) in [7, 11) is 0.